The van der Waals surface area contributed by atoms with Gasteiger partial charge < -0.3 is 15.5 Å². The summed E-state index contributed by atoms with van der Waals surface area (Å²) in [6.07, 6.45) is -0.993. The molecule has 0 fully saturated rings. The van der Waals surface area contributed by atoms with Gasteiger partial charge in [0.15, 0.2) is 0 Å². The summed E-state index contributed by atoms with van der Waals surface area (Å²) in [7, 11) is 0. The van der Waals surface area contributed by atoms with Crippen LogP contribution in [0.15, 0.2) is 30.3 Å². The van der Waals surface area contributed by atoms with Crippen LogP contribution < -0.4 is 5.32 Å². The van der Waals surface area contributed by atoms with E-state index in [0.717, 1.165) is 0 Å². The third-order valence-electron chi connectivity index (χ3n) is 2.62. The van der Waals surface area contributed by atoms with E-state index in [0.29, 0.717) is 10.9 Å². The van der Waals surface area contributed by atoms with Crippen LogP contribution in [0.2, 0.25) is 0 Å². The first-order valence-corrected chi connectivity index (χ1v) is 5.69. The second kappa shape index (κ2) is 5.59. The molecule has 0 radical (unpaired) electrons. The number of hydrogen-bond donors (Lipinski definition) is 3. The monoisotopic (exact) mass is 263 g/mol. The summed E-state index contributed by atoms with van der Waals surface area (Å²) in [4.78, 5) is 14.6. The fourth-order valence-electron chi connectivity index (χ4n) is 1.65. The van der Waals surface area contributed by atoms with Gasteiger partial charge in [-0.05, 0) is 6.07 Å². The van der Waals surface area contributed by atoms with Gasteiger partial charge in [-0.3, -0.25) is 10.1 Å². The third kappa shape index (κ3) is 2.95. The number of aliphatic hydroxyl groups excluding tert-OH is 2. The van der Waals surface area contributed by atoms with Crippen molar-refractivity contribution in [2.45, 2.75) is 6.10 Å². The number of hydrogen-bond acceptors (Lipinski definition) is 6. The summed E-state index contributed by atoms with van der Waals surface area (Å²) in [5.41, 5.74) is 0.456. The van der Waals surface area contributed by atoms with Crippen LogP contribution in [0.4, 0.5) is 11.5 Å². The van der Waals surface area contributed by atoms with Crippen molar-refractivity contribution in [3.8, 4) is 0 Å². The number of anilines is 1. The highest BCUT2D eigenvalue weighted by molar-refractivity contribution is 5.84. The molecule has 1 atom stereocenters. The van der Waals surface area contributed by atoms with Gasteiger partial charge in [-0.25, -0.2) is 4.98 Å². The predicted molar refractivity (Wildman–Crippen MR) is 70.0 cm³/mol. The number of fused-ring (bicyclic) bond motifs is 1. The van der Waals surface area contributed by atoms with Crippen molar-refractivity contribution < 1.29 is 15.1 Å². The van der Waals surface area contributed by atoms with Gasteiger partial charge in [0.2, 0.25) is 5.82 Å². The summed E-state index contributed by atoms with van der Waals surface area (Å²) >= 11 is 0. The third-order valence-corrected chi connectivity index (χ3v) is 2.62. The quantitative estimate of drug-likeness (QED) is 0.546. The number of aliphatic hydroxyl groups is 2. The minimum Gasteiger partial charge on any atom is -0.394 e. The number of benzene rings is 1. The molecule has 0 saturated heterocycles. The molecule has 2 aromatic rings. The average Bonchev–Trinajstić information content (AvgIpc) is 2.43. The molecule has 0 saturated carbocycles. The van der Waals surface area contributed by atoms with Crippen LogP contribution in [-0.2, 0) is 0 Å². The summed E-state index contributed by atoms with van der Waals surface area (Å²) in [5.74, 6) is 0.0798. The first-order valence-electron chi connectivity index (χ1n) is 5.69. The zero-order valence-corrected chi connectivity index (χ0v) is 9.98. The molecule has 0 unspecified atom stereocenters. The lowest BCUT2D eigenvalue weighted by Crippen LogP contribution is -2.23. The Balaban J connectivity index is 2.39. The van der Waals surface area contributed by atoms with Crippen molar-refractivity contribution in [3.63, 3.8) is 0 Å². The molecule has 0 aliphatic rings. The molecule has 19 heavy (non-hydrogen) atoms. The Bertz CT molecular complexity index is 603. The molecule has 7 nitrogen and oxygen atoms in total. The van der Waals surface area contributed by atoms with Crippen LogP contribution in [0.5, 0.6) is 0 Å². The number of nitro groups is 1. The zero-order valence-electron chi connectivity index (χ0n) is 9.98. The Labute approximate surface area is 108 Å². The minimum absolute atomic E-state index is 0.0112. The molecule has 1 aromatic carbocycles. The molecule has 2 rings (SSSR count). The zero-order chi connectivity index (χ0) is 13.8. The lowest BCUT2D eigenvalue weighted by atomic mass is 10.2. The average molecular weight is 263 g/mol. The first kappa shape index (κ1) is 13.2. The fourth-order valence-corrected chi connectivity index (χ4v) is 1.65. The second-order valence-electron chi connectivity index (χ2n) is 4.02. The van der Waals surface area contributed by atoms with E-state index in [1.54, 1.807) is 24.3 Å². The lowest BCUT2D eigenvalue weighted by molar-refractivity contribution is -0.384. The highest BCUT2D eigenvalue weighted by atomic mass is 16.6. The molecular formula is C12H13N3O4. The van der Waals surface area contributed by atoms with Gasteiger partial charge in [-0.2, -0.15) is 0 Å². The summed E-state index contributed by atoms with van der Waals surface area (Å²) < 4.78 is 0. The number of para-hydroxylation sites is 1. The molecular weight excluding hydrogens is 250 g/mol. The van der Waals surface area contributed by atoms with Gasteiger partial charge in [0, 0.05) is 18.0 Å². The summed E-state index contributed by atoms with van der Waals surface area (Å²) in [5, 5.41) is 32.3. The maximum atomic E-state index is 11.0. The SMILES string of the molecule is O=[N+]([O-])c1cc2ccccc2nc1NC[C@@H](O)CO. The Hall–Kier alpha value is -2.25. The van der Waals surface area contributed by atoms with E-state index < -0.39 is 17.6 Å². The molecule has 7 heteroatoms. The van der Waals surface area contributed by atoms with E-state index >= 15 is 0 Å². The van der Waals surface area contributed by atoms with Crippen LogP contribution in [0, 0.1) is 10.1 Å². The molecule has 100 valence electrons. The van der Waals surface area contributed by atoms with E-state index in [2.05, 4.69) is 10.3 Å². The fraction of sp³-hybridized carbons (Fsp3) is 0.250. The van der Waals surface area contributed by atoms with Crippen molar-refractivity contribution in [1.29, 1.82) is 0 Å². The van der Waals surface area contributed by atoms with Gasteiger partial charge in [0.25, 0.3) is 0 Å². The molecule has 1 heterocycles. The molecule has 0 amide bonds. The normalized spacial score (nSPS) is 12.3. The van der Waals surface area contributed by atoms with Crippen LogP contribution in [0.1, 0.15) is 0 Å². The summed E-state index contributed by atoms with van der Waals surface area (Å²) in [6, 6.07) is 8.47. The number of nitrogens with one attached hydrogen (secondary N) is 1. The van der Waals surface area contributed by atoms with Crippen molar-refractivity contribution in [1.82, 2.24) is 4.98 Å². The maximum Gasteiger partial charge on any atom is 0.312 e. The van der Waals surface area contributed by atoms with Gasteiger partial charge in [-0.15, -0.1) is 0 Å². The second-order valence-corrected chi connectivity index (χ2v) is 4.02. The van der Waals surface area contributed by atoms with Gasteiger partial charge >= 0.3 is 5.69 Å². The highest BCUT2D eigenvalue weighted by Gasteiger charge is 2.17. The highest BCUT2D eigenvalue weighted by Crippen LogP contribution is 2.26. The Kier molecular flexibility index (Phi) is 3.88. The molecule has 0 spiro atoms. The minimum atomic E-state index is -0.993. The van der Waals surface area contributed by atoms with Crippen LogP contribution >= 0.6 is 0 Å². The van der Waals surface area contributed by atoms with Crippen molar-refractivity contribution in [2.75, 3.05) is 18.5 Å². The first-order chi connectivity index (χ1) is 9.11. The summed E-state index contributed by atoms with van der Waals surface area (Å²) in [6.45, 7) is -0.433. The predicted octanol–water partition coefficient (Wildman–Crippen LogP) is 0.908. The van der Waals surface area contributed by atoms with Gasteiger partial charge in [0.05, 0.1) is 23.2 Å². The molecule has 0 aliphatic carbocycles. The van der Waals surface area contributed by atoms with Crippen LogP contribution in [0.3, 0.4) is 0 Å². The standard InChI is InChI=1S/C12H13N3O4/c16-7-9(17)6-13-12-11(15(18)19)5-8-3-1-2-4-10(8)14-12/h1-5,9,16-17H,6-7H2,(H,13,14)/t9-/m1/s1. The number of pyridine rings is 1. The van der Waals surface area contributed by atoms with Crippen molar-refractivity contribution in [3.05, 3.63) is 40.4 Å². The van der Waals surface area contributed by atoms with Crippen LogP contribution in [0.25, 0.3) is 10.9 Å². The van der Waals surface area contributed by atoms with E-state index in [1.807, 2.05) is 0 Å². The number of aromatic nitrogens is 1. The number of rotatable bonds is 5. The number of nitrogens with zero attached hydrogens (tertiary/aromatic N) is 2. The van der Waals surface area contributed by atoms with Crippen LogP contribution in [-0.4, -0.2) is 39.4 Å². The topological polar surface area (TPSA) is 109 Å². The molecule has 0 aliphatic heterocycles. The largest absolute Gasteiger partial charge is 0.394 e. The molecule has 1 aromatic heterocycles. The smallest absolute Gasteiger partial charge is 0.312 e. The Morgan fingerprint density at radius 2 is 2.16 bits per heavy atom. The van der Waals surface area contributed by atoms with Crippen molar-refractivity contribution in [2.24, 2.45) is 0 Å². The lowest BCUT2D eigenvalue weighted by Gasteiger charge is -2.10. The van der Waals surface area contributed by atoms with Gasteiger partial charge in [-0.1, -0.05) is 18.2 Å². The van der Waals surface area contributed by atoms with E-state index in [4.69, 9.17) is 5.11 Å². The van der Waals surface area contributed by atoms with Crippen molar-refractivity contribution >= 4 is 22.4 Å². The molecule has 0 bridgehead atoms. The van der Waals surface area contributed by atoms with E-state index in [1.165, 1.54) is 6.07 Å². The molecule has 3 N–H and O–H groups in total. The van der Waals surface area contributed by atoms with E-state index in [9.17, 15) is 15.2 Å². The Morgan fingerprint density at radius 1 is 1.42 bits per heavy atom. The maximum absolute atomic E-state index is 11.0. The van der Waals surface area contributed by atoms with E-state index in [-0.39, 0.29) is 18.1 Å². The Morgan fingerprint density at radius 3 is 2.84 bits per heavy atom. The van der Waals surface area contributed by atoms with Gasteiger partial charge in [0.1, 0.15) is 0 Å².